The maximum Gasteiger partial charge on any atom is 0.472 e. The average molecular weight is 660 g/mol. The largest absolute Gasteiger partial charge is 0.472 e. The number of nitrogens with two attached hydrogens (primary N) is 1. The van der Waals surface area contributed by atoms with Gasteiger partial charge in [0, 0.05) is 19.6 Å². The van der Waals surface area contributed by atoms with E-state index in [1.165, 1.54) is 96.3 Å². The lowest BCUT2D eigenvalue weighted by Crippen LogP contribution is -2.28. The molecule has 0 radical (unpaired) electrons. The summed E-state index contributed by atoms with van der Waals surface area (Å²) in [6.45, 7) is 4.85. The zero-order chi connectivity index (χ0) is 33.1. The van der Waals surface area contributed by atoms with Crippen molar-refractivity contribution in [2.75, 3.05) is 33.0 Å². The molecule has 0 rings (SSSR count). The summed E-state index contributed by atoms with van der Waals surface area (Å²) in [5, 5.41) is 0. The zero-order valence-corrected chi connectivity index (χ0v) is 30.0. The van der Waals surface area contributed by atoms with Gasteiger partial charge in [0.2, 0.25) is 0 Å². The van der Waals surface area contributed by atoms with Gasteiger partial charge in [-0.25, -0.2) is 4.57 Å². The van der Waals surface area contributed by atoms with Gasteiger partial charge in [0.25, 0.3) is 0 Å². The van der Waals surface area contributed by atoms with Crippen LogP contribution < -0.4 is 5.73 Å². The highest BCUT2D eigenvalue weighted by Gasteiger charge is 2.25. The van der Waals surface area contributed by atoms with Gasteiger partial charge in [-0.1, -0.05) is 115 Å². The minimum Gasteiger partial charge on any atom is -0.457 e. The molecule has 0 saturated carbocycles. The molecule has 0 saturated heterocycles. The predicted molar refractivity (Wildman–Crippen MR) is 187 cm³/mol. The van der Waals surface area contributed by atoms with E-state index in [9.17, 15) is 14.3 Å². The summed E-state index contributed by atoms with van der Waals surface area (Å²) < 4.78 is 33.2. The molecular weight excluding hydrogens is 589 g/mol. The first-order valence-corrected chi connectivity index (χ1v) is 19.8. The van der Waals surface area contributed by atoms with Crippen LogP contribution in [0.15, 0.2) is 24.3 Å². The Morgan fingerprint density at radius 1 is 0.644 bits per heavy atom. The number of rotatable bonds is 35. The first kappa shape index (κ1) is 44.0. The summed E-state index contributed by atoms with van der Waals surface area (Å²) in [6.07, 6.45) is 34.7. The van der Waals surface area contributed by atoms with Gasteiger partial charge in [-0.3, -0.25) is 13.8 Å². The van der Waals surface area contributed by atoms with Crippen molar-refractivity contribution in [2.45, 2.75) is 168 Å². The number of allylic oxidation sites excluding steroid dienone is 4. The van der Waals surface area contributed by atoms with Crippen LogP contribution in [0.25, 0.3) is 0 Å². The van der Waals surface area contributed by atoms with E-state index in [0.717, 1.165) is 44.9 Å². The van der Waals surface area contributed by atoms with E-state index in [1.54, 1.807) is 0 Å². The highest BCUT2D eigenvalue weighted by molar-refractivity contribution is 7.47. The van der Waals surface area contributed by atoms with Crippen LogP contribution in [0.1, 0.15) is 162 Å². The number of phosphoric ester groups is 1. The maximum atomic E-state index is 12.5. The minimum absolute atomic E-state index is 0.0974. The third-order valence-corrected chi connectivity index (χ3v) is 8.58. The van der Waals surface area contributed by atoms with Crippen molar-refractivity contribution >= 4 is 13.8 Å². The lowest BCUT2D eigenvalue weighted by atomic mass is 10.1. The van der Waals surface area contributed by atoms with Gasteiger partial charge in [0.1, 0.15) is 6.10 Å². The van der Waals surface area contributed by atoms with Gasteiger partial charge in [-0.15, -0.1) is 0 Å². The first-order chi connectivity index (χ1) is 21.9. The number of carbonyl (C=O) groups is 1. The summed E-state index contributed by atoms with van der Waals surface area (Å²) in [5.74, 6) is -0.343. The molecule has 0 aromatic heterocycles. The summed E-state index contributed by atoms with van der Waals surface area (Å²) in [4.78, 5) is 22.3. The Labute approximate surface area is 276 Å². The van der Waals surface area contributed by atoms with Crippen molar-refractivity contribution < 1.29 is 32.8 Å². The molecule has 0 fully saturated rings. The second kappa shape index (κ2) is 34.3. The zero-order valence-electron chi connectivity index (χ0n) is 29.1. The monoisotopic (exact) mass is 659 g/mol. The van der Waals surface area contributed by atoms with Gasteiger partial charge in [0.05, 0.1) is 19.8 Å². The third kappa shape index (κ3) is 34.1. The number of ether oxygens (including phenoxy) is 2. The van der Waals surface area contributed by atoms with Gasteiger partial charge in [-0.2, -0.15) is 0 Å². The summed E-state index contributed by atoms with van der Waals surface area (Å²) >= 11 is 0. The fourth-order valence-corrected chi connectivity index (χ4v) is 5.63. The van der Waals surface area contributed by atoms with Gasteiger partial charge >= 0.3 is 13.8 Å². The molecule has 2 atom stereocenters. The highest BCUT2D eigenvalue weighted by Crippen LogP contribution is 2.43. The molecule has 0 aliphatic rings. The predicted octanol–water partition coefficient (Wildman–Crippen LogP) is 10.1. The van der Waals surface area contributed by atoms with Crippen LogP contribution in [0.4, 0.5) is 0 Å². The standard InChI is InChI=1S/C36H70NO7P/c1-3-5-7-9-11-13-15-17-19-21-23-25-27-29-36(38)44-35(34-43-45(39,40)42-32-30-37)33-41-31-28-26-24-22-20-18-16-14-12-10-8-6-4-2/h12-15,35H,3-11,16-34,37H2,1-2H3,(H,39,40)/b14-12-,15-13-. The van der Waals surface area contributed by atoms with E-state index < -0.39 is 13.9 Å². The summed E-state index contributed by atoms with van der Waals surface area (Å²) in [6, 6.07) is 0. The number of hydrogen-bond acceptors (Lipinski definition) is 7. The molecule has 2 unspecified atom stereocenters. The molecule has 0 amide bonds. The van der Waals surface area contributed by atoms with Crippen LogP contribution in [0.3, 0.4) is 0 Å². The maximum absolute atomic E-state index is 12.5. The van der Waals surface area contributed by atoms with Crippen molar-refractivity contribution in [3.8, 4) is 0 Å². The lowest BCUT2D eigenvalue weighted by Gasteiger charge is -2.20. The molecule has 0 aromatic rings. The Bertz CT molecular complexity index is 747. The van der Waals surface area contributed by atoms with Crippen LogP contribution in [0.5, 0.6) is 0 Å². The van der Waals surface area contributed by atoms with Gasteiger partial charge < -0.3 is 20.1 Å². The van der Waals surface area contributed by atoms with Crippen molar-refractivity contribution in [3.05, 3.63) is 24.3 Å². The van der Waals surface area contributed by atoms with E-state index >= 15 is 0 Å². The van der Waals surface area contributed by atoms with Crippen LogP contribution >= 0.6 is 7.82 Å². The molecule has 0 bridgehead atoms. The molecule has 3 N–H and O–H groups in total. The molecule has 266 valence electrons. The Hall–Kier alpha value is -1.02. The number of esters is 1. The Kier molecular flexibility index (Phi) is 33.5. The topological polar surface area (TPSA) is 117 Å². The molecule has 0 spiro atoms. The fraction of sp³-hybridized carbons (Fsp3) is 0.861. The van der Waals surface area contributed by atoms with Crippen LogP contribution in [-0.2, 0) is 27.9 Å². The first-order valence-electron chi connectivity index (χ1n) is 18.3. The molecule has 0 aromatic carbocycles. The Morgan fingerprint density at radius 3 is 1.67 bits per heavy atom. The van der Waals surface area contributed by atoms with Crippen molar-refractivity contribution in [2.24, 2.45) is 5.73 Å². The third-order valence-electron chi connectivity index (χ3n) is 7.59. The van der Waals surface area contributed by atoms with Crippen molar-refractivity contribution in [1.29, 1.82) is 0 Å². The van der Waals surface area contributed by atoms with Gasteiger partial charge in [-0.05, 0) is 64.2 Å². The lowest BCUT2D eigenvalue weighted by molar-refractivity contribution is -0.154. The van der Waals surface area contributed by atoms with Crippen molar-refractivity contribution in [1.82, 2.24) is 0 Å². The van der Waals surface area contributed by atoms with E-state index in [2.05, 4.69) is 38.2 Å². The van der Waals surface area contributed by atoms with Crippen LogP contribution in [-0.4, -0.2) is 49.9 Å². The van der Waals surface area contributed by atoms with E-state index in [4.69, 9.17) is 24.3 Å². The number of unbranched alkanes of at least 4 members (excludes halogenated alkanes) is 18. The van der Waals surface area contributed by atoms with E-state index in [0.29, 0.717) is 13.0 Å². The number of phosphoric acid groups is 1. The smallest absolute Gasteiger partial charge is 0.457 e. The summed E-state index contributed by atoms with van der Waals surface area (Å²) in [7, 11) is -4.27. The second-order valence-corrected chi connectivity index (χ2v) is 13.5. The SMILES string of the molecule is CCCCC/C=C\CCCCCCCCOCC(COP(=O)(O)OCCN)OC(=O)CCCCCCC/C=C\CCCCCC. The quantitative estimate of drug-likeness (QED) is 0.0299. The molecule has 45 heavy (non-hydrogen) atoms. The van der Waals surface area contributed by atoms with Crippen LogP contribution in [0, 0.1) is 0 Å². The number of carbonyl (C=O) groups excluding carboxylic acids is 1. The Morgan fingerprint density at radius 2 is 1.11 bits per heavy atom. The Balaban J connectivity index is 4.13. The average Bonchev–Trinajstić information content (AvgIpc) is 3.02. The second-order valence-electron chi connectivity index (χ2n) is 12.1. The highest BCUT2D eigenvalue weighted by atomic mass is 31.2. The van der Waals surface area contributed by atoms with E-state index in [-0.39, 0.29) is 32.3 Å². The fourth-order valence-electron chi connectivity index (χ4n) is 4.87. The summed E-state index contributed by atoms with van der Waals surface area (Å²) in [5.41, 5.74) is 5.34. The molecule has 8 nitrogen and oxygen atoms in total. The van der Waals surface area contributed by atoms with Crippen molar-refractivity contribution in [3.63, 3.8) is 0 Å². The minimum atomic E-state index is -4.27. The molecule has 0 aliphatic heterocycles. The number of hydrogen-bond donors (Lipinski definition) is 2. The van der Waals surface area contributed by atoms with Crippen LogP contribution in [0.2, 0.25) is 0 Å². The van der Waals surface area contributed by atoms with Gasteiger partial charge in [0.15, 0.2) is 0 Å². The van der Waals surface area contributed by atoms with E-state index in [1.807, 2.05) is 0 Å². The molecular formula is C36H70NO7P. The molecule has 0 aliphatic carbocycles. The molecule has 9 heteroatoms. The molecule has 0 heterocycles. The normalized spacial score (nSPS) is 14.0.